The Morgan fingerprint density at radius 2 is 1.47 bits per heavy atom. The van der Waals surface area contributed by atoms with E-state index in [0.29, 0.717) is 11.8 Å². The van der Waals surface area contributed by atoms with Crippen molar-refractivity contribution in [3.63, 3.8) is 0 Å². The average Bonchev–Trinajstić information content (AvgIpc) is 2.16. The molecule has 0 unspecified atom stereocenters. The van der Waals surface area contributed by atoms with Gasteiger partial charge in [0.05, 0.1) is 4.90 Å². The molecular weight excluding hydrogens is 236 g/mol. The standard InChI is InChI=1S/C8H4F4O2S/c1-15-7-5(11)3(9)2(8(13)14)4(10)6(7)12/h1H3,(H,13,14). The van der Waals surface area contributed by atoms with Crippen LogP contribution in [0.4, 0.5) is 17.6 Å². The van der Waals surface area contributed by atoms with Gasteiger partial charge in [-0.05, 0) is 6.26 Å². The summed E-state index contributed by atoms with van der Waals surface area (Å²) in [6, 6.07) is 0. The highest BCUT2D eigenvalue weighted by Crippen LogP contribution is 2.29. The van der Waals surface area contributed by atoms with Crippen molar-refractivity contribution < 1.29 is 27.5 Å². The molecule has 0 spiro atoms. The molecule has 0 aromatic heterocycles. The van der Waals surface area contributed by atoms with Crippen molar-refractivity contribution in [1.29, 1.82) is 0 Å². The summed E-state index contributed by atoms with van der Waals surface area (Å²) in [4.78, 5) is 9.45. The third kappa shape index (κ3) is 1.79. The minimum atomic E-state index is -2.06. The number of carboxylic acid groups (broad SMARTS) is 1. The van der Waals surface area contributed by atoms with Crippen molar-refractivity contribution in [2.75, 3.05) is 6.26 Å². The van der Waals surface area contributed by atoms with E-state index in [-0.39, 0.29) is 0 Å². The lowest BCUT2D eigenvalue weighted by atomic mass is 10.2. The predicted molar refractivity (Wildman–Crippen MR) is 45.0 cm³/mol. The lowest BCUT2D eigenvalue weighted by Crippen LogP contribution is -2.10. The summed E-state index contributed by atoms with van der Waals surface area (Å²) in [6.07, 6.45) is 1.21. The summed E-state index contributed by atoms with van der Waals surface area (Å²) in [7, 11) is 0. The molecule has 1 aromatic carbocycles. The lowest BCUT2D eigenvalue weighted by Gasteiger charge is -2.06. The monoisotopic (exact) mass is 240 g/mol. The molecule has 0 bridgehead atoms. The molecule has 1 N–H and O–H groups in total. The molecule has 7 heteroatoms. The molecule has 2 nitrogen and oxygen atoms in total. The molecule has 0 aliphatic rings. The molecule has 15 heavy (non-hydrogen) atoms. The Morgan fingerprint density at radius 3 is 1.73 bits per heavy atom. The zero-order valence-electron chi connectivity index (χ0n) is 7.28. The fraction of sp³-hybridized carbons (Fsp3) is 0.125. The maximum Gasteiger partial charge on any atom is 0.341 e. The number of carboxylic acids is 1. The van der Waals surface area contributed by atoms with E-state index in [9.17, 15) is 22.4 Å². The van der Waals surface area contributed by atoms with Crippen molar-refractivity contribution in [2.45, 2.75) is 4.90 Å². The van der Waals surface area contributed by atoms with Gasteiger partial charge in [-0.25, -0.2) is 22.4 Å². The van der Waals surface area contributed by atoms with Crippen molar-refractivity contribution in [3.8, 4) is 0 Å². The van der Waals surface area contributed by atoms with Crippen LogP contribution in [0.3, 0.4) is 0 Å². The second-order valence-corrected chi connectivity index (χ2v) is 3.29. The zero-order valence-corrected chi connectivity index (χ0v) is 8.09. The Balaban J connectivity index is 3.66. The van der Waals surface area contributed by atoms with E-state index in [0.717, 1.165) is 0 Å². The first-order valence-electron chi connectivity index (χ1n) is 3.55. The fourth-order valence-corrected chi connectivity index (χ4v) is 1.52. The van der Waals surface area contributed by atoms with E-state index in [1.54, 1.807) is 0 Å². The molecule has 0 saturated carbocycles. The molecule has 1 aromatic rings. The van der Waals surface area contributed by atoms with Gasteiger partial charge in [0.2, 0.25) is 0 Å². The number of rotatable bonds is 2. The third-order valence-electron chi connectivity index (χ3n) is 1.64. The summed E-state index contributed by atoms with van der Waals surface area (Å²) < 4.78 is 51.9. The van der Waals surface area contributed by atoms with Crippen molar-refractivity contribution >= 4 is 17.7 Å². The smallest absolute Gasteiger partial charge is 0.341 e. The van der Waals surface area contributed by atoms with E-state index in [2.05, 4.69) is 0 Å². The van der Waals surface area contributed by atoms with Gasteiger partial charge in [-0.3, -0.25) is 0 Å². The first kappa shape index (κ1) is 11.8. The Hall–Kier alpha value is -1.24. The number of benzene rings is 1. The second-order valence-electron chi connectivity index (χ2n) is 2.47. The van der Waals surface area contributed by atoms with Crippen LogP contribution in [0.1, 0.15) is 10.4 Å². The number of halogens is 4. The van der Waals surface area contributed by atoms with Gasteiger partial charge in [0.25, 0.3) is 0 Å². The molecule has 0 aliphatic heterocycles. The van der Waals surface area contributed by atoms with Gasteiger partial charge in [-0.1, -0.05) is 0 Å². The quantitative estimate of drug-likeness (QED) is 0.490. The van der Waals surface area contributed by atoms with E-state index in [1.165, 1.54) is 6.26 Å². The number of hydrogen-bond acceptors (Lipinski definition) is 2. The van der Waals surface area contributed by atoms with Crippen LogP contribution in [-0.4, -0.2) is 17.3 Å². The van der Waals surface area contributed by atoms with E-state index in [4.69, 9.17) is 5.11 Å². The Bertz CT molecular complexity index is 404. The fourth-order valence-electron chi connectivity index (χ4n) is 0.979. The highest BCUT2D eigenvalue weighted by Gasteiger charge is 2.28. The van der Waals surface area contributed by atoms with Gasteiger partial charge < -0.3 is 5.11 Å². The Labute approximate surface area is 85.9 Å². The molecule has 0 saturated heterocycles. The van der Waals surface area contributed by atoms with Crippen LogP contribution in [0.2, 0.25) is 0 Å². The molecule has 1 rings (SSSR count). The first-order valence-corrected chi connectivity index (χ1v) is 4.77. The number of carbonyl (C=O) groups is 1. The van der Waals surface area contributed by atoms with Crippen LogP contribution in [0.15, 0.2) is 4.90 Å². The van der Waals surface area contributed by atoms with E-state index in [1.807, 2.05) is 0 Å². The van der Waals surface area contributed by atoms with Crippen LogP contribution < -0.4 is 0 Å². The van der Waals surface area contributed by atoms with Crippen molar-refractivity contribution in [1.82, 2.24) is 0 Å². The summed E-state index contributed by atoms with van der Waals surface area (Å²) >= 11 is 0.448. The Kier molecular flexibility index (Phi) is 3.23. The third-order valence-corrected chi connectivity index (χ3v) is 2.41. The van der Waals surface area contributed by atoms with Gasteiger partial charge in [0.15, 0.2) is 23.3 Å². The largest absolute Gasteiger partial charge is 0.477 e. The van der Waals surface area contributed by atoms with Crippen LogP contribution in [0.5, 0.6) is 0 Å². The van der Waals surface area contributed by atoms with Crippen LogP contribution in [0.25, 0.3) is 0 Å². The van der Waals surface area contributed by atoms with Crippen molar-refractivity contribution in [2.24, 2.45) is 0 Å². The topological polar surface area (TPSA) is 37.3 Å². The second kappa shape index (κ2) is 4.09. The normalized spacial score (nSPS) is 10.5. The first-order chi connectivity index (χ1) is 6.91. The summed E-state index contributed by atoms with van der Waals surface area (Å²) in [6.45, 7) is 0. The average molecular weight is 240 g/mol. The molecule has 0 atom stereocenters. The van der Waals surface area contributed by atoms with Crippen LogP contribution in [0, 0.1) is 23.3 Å². The highest BCUT2D eigenvalue weighted by molar-refractivity contribution is 7.98. The van der Waals surface area contributed by atoms with Gasteiger partial charge in [-0.15, -0.1) is 11.8 Å². The maximum atomic E-state index is 13.0. The van der Waals surface area contributed by atoms with E-state index >= 15 is 0 Å². The van der Waals surface area contributed by atoms with E-state index < -0.39 is 39.7 Å². The van der Waals surface area contributed by atoms with Gasteiger partial charge in [0, 0.05) is 0 Å². The summed E-state index contributed by atoms with van der Waals surface area (Å²) in [5, 5.41) is 8.34. The summed E-state index contributed by atoms with van der Waals surface area (Å²) in [5.74, 6) is -9.25. The molecular formula is C8H4F4O2S. The molecule has 0 amide bonds. The SMILES string of the molecule is CSc1c(F)c(F)c(C(=O)O)c(F)c1F. The molecule has 82 valence electrons. The Morgan fingerprint density at radius 1 is 1.07 bits per heavy atom. The predicted octanol–water partition coefficient (Wildman–Crippen LogP) is 2.66. The summed E-state index contributed by atoms with van der Waals surface area (Å²) in [5.41, 5.74) is -1.62. The molecule has 0 fully saturated rings. The van der Waals surface area contributed by atoms with Gasteiger partial charge >= 0.3 is 5.97 Å². The minimum absolute atomic E-state index is 0.448. The molecule has 0 radical (unpaired) electrons. The lowest BCUT2D eigenvalue weighted by molar-refractivity contribution is 0.0683. The van der Waals surface area contributed by atoms with Crippen LogP contribution in [-0.2, 0) is 0 Å². The number of thioether (sulfide) groups is 1. The number of aromatic carboxylic acids is 1. The van der Waals surface area contributed by atoms with Crippen LogP contribution >= 0.6 is 11.8 Å². The zero-order chi connectivity index (χ0) is 11.7. The minimum Gasteiger partial charge on any atom is -0.477 e. The maximum absolute atomic E-state index is 13.0. The molecule has 0 heterocycles. The highest BCUT2D eigenvalue weighted by atomic mass is 32.2. The van der Waals surface area contributed by atoms with Crippen molar-refractivity contribution in [3.05, 3.63) is 28.8 Å². The molecule has 0 aliphatic carbocycles. The number of hydrogen-bond donors (Lipinski definition) is 1. The van der Waals surface area contributed by atoms with Gasteiger partial charge in [0.1, 0.15) is 5.56 Å². The van der Waals surface area contributed by atoms with Gasteiger partial charge in [-0.2, -0.15) is 0 Å².